The highest BCUT2D eigenvalue weighted by Crippen LogP contribution is 2.28. The van der Waals surface area contributed by atoms with Gasteiger partial charge < -0.3 is 4.74 Å². The second kappa shape index (κ2) is 5.93. The van der Waals surface area contributed by atoms with Gasteiger partial charge in [-0.05, 0) is 59.3 Å². The van der Waals surface area contributed by atoms with Crippen molar-refractivity contribution < 1.29 is 4.74 Å². The van der Waals surface area contributed by atoms with E-state index < -0.39 is 0 Å². The van der Waals surface area contributed by atoms with E-state index in [2.05, 4.69) is 42.6 Å². The lowest BCUT2D eigenvalue weighted by atomic mass is 10.1. The summed E-state index contributed by atoms with van der Waals surface area (Å²) < 4.78 is 5.79. The van der Waals surface area contributed by atoms with Crippen LogP contribution in [0.3, 0.4) is 0 Å². The summed E-state index contributed by atoms with van der Waals surface area (Å²) in [5.74, 6) is 0.908. The van der Waals surface area contributed by atoms with Gasteiger partial charge in [0.1, 0.15) is 12.4 Å². The van der Waals surface area contributed by atoms with Gasteiger partial charge in [0, 0.05) is 4.88 Å². The van der Waals surface area contributed by atoms with Gasteiger partial charge in [-0.25, -0.2) is 0 Å². The van der Waals surface area contributed by atoms with Gasteiger partial charge in [0.05, 0.1) is 0 Å². The van der Waals surface area contributed by atoms with Crippen molar-refractivity contribution in [1.82, 2.24) is 0 Å². The van der Waals surface area contributed by atoms with Crippen LogP contribution >= 0.6 is 11.3 Å². The minimum atomic E-state index is 0.609. The highest BCUT2D eigenvalue weighted by Gasteiger charge is 2.01. The first-order valence-corrected chi connectivity index (χ1v) is 7.51. The maximum atomic E-state index is 5.79. The van der Waals surface area contributed by atoms with E-state index in [9.17, 15) is 0 Å². The van der Waals surface area contributed by atoms with Crippen LogP contribution in [0.5, 0.6) is 5.75 Å². The largest absolute Gasteiger partial charge is 0.489 e. The predicted molar refractivity (Wildman–Crippen MR) is 85.3 cm³/mol. The molecule has 0 aliphatic carbocycles. The molecule has 1 aromatic heterocycles. The molecule has 2 aromatic carbocycles. The molecule has 0 unspecified atom stereocenters. The van der Waals surface area contributed by atoms with E-state index in [0.29, 0.717) is 6.61 Å². The summed E-state index contributed by atoms with van der Waals surface area (Å²) in [6.07, 6.45) is 0. The summed E-state index contributed by atoms with van der Waals surface area (Å²) in [6, 6.07) is 20.7. The molecule has 0 atom stereocenters. The van der Waals surface area contributed by atoms with E-state index in [0.717, 1.165) is 5.75 Å². The van der Waals surface area contributed by atoms with E-state index in [4.69, 9.17) is 4.74 Å². The lowest BCUT2D eigenvalue weighted by molar-refractivity contribution is 0.306. The van der Waals surface area contributed by atoms with Gasteiger partial charge in [-0.1, -0.05) is 30.3 Å². The van der Waals surface area contributed by atoms with Crippen LogP contribution in [0.2, 0.25) is 0 Å². The molecule has 2 heteroatoms. The number of ether oxygens (including phenoxy) is 1. The zero-order valence-electron chi connectivity index (χ0n) is 11.4. The quantitative estimate of drug-likeness (QED) is 0.630. The lowest BCUT2D eigenvalue weighted by Crippen LogP contribution is -1.94. The number of thiophene rings is 1. The number of benzene rings is 2. The SMILES string of the molecule is Cc1csc(-c2ccc(OCc3ccccc3)cc2)c1. The maximum Gasteiger partial charge on any atom is 0.119 e. The molecule has 0 saturated heterocycles. The molecule has 0 aliphatic rings. The second-order valence-electron chi connectivity index (χ2n) is 4.79. The molecule has 0 radical (unpaired) electrons. The third kappa shape index (κ3) is 3.09. The summed E-state index contributed by atoms with van der Waals surface area (Å²) in [4.78, 5) is 1.30. The molecule has 3 rings (SSSR count). The number of hydrogen-bond acceptors (Lipinski definition) is 2. The van der Waals surface area contributed by atoms with Crippen LogP contribution in [0.25, 0.3) is 10.4 Å². The average molecular weight is 280 g/mol. The first-order chi connectivity index (χ1) is 9.81. The van der Waals surface area contributed by atoms with Crippen LogP contribution in [0.1, 0.15) is 11.1 Å². The normalized spacial score (nSPS) is 10.4. The number of hydrogen-bond donors (Lipinski definition) is 0. The van der Waals surface area contributed by atoms with E-state index in [-0.39, 0.29) is 0 Å². The summed E-state index contributed by atoms with van der Waals surface area (Å²) in [6.45, 7) is 2.73. The lowest BCUT2D eigenvalue weighted by Gasteiger charge is -2.06. The third-order valence-corrected chi connectivity index (χ3v) is 4.21. The molecule has 20 heavy (non-hydrogen) atoms. The zero-order valence-corrected chi connectivity index (χ0v) is 12.2. The minimum Gasteiger partial charge on any atom is -0.489 e. The van der Waals surface area contributed by atoms with Gasteiger partial charge in [0.15, 0.2) is 0 Å². The Kier molecular flexibility index (Phi) is 3.84. The average Bonchev–Trinajstić information content (AvgIpc) is 2.93. The first-order valence-electron chi connectivity index (χ1n) is 6.63. The number of aryl methyl sites for hydroxylation is 1. The highest BCUT2D eigenvalue weighted by atomic mass is 32.1. The van der Waals surface area contributed by atoms with Gasteiger partial charge in [0.25, 0.3) is 0 Å². The fourth-order valence-electron chi connectivity index (χ4n) is 2.04. The van der Waals surface area contributed by atoms with Crippen LogP contribution in [0, 0.1) is 6.92 Å². The van der Waals surface area contributed by atoms with Crippen LogP contribution in [-0.2, 0) is 6.61 Å². The minimum absolute atomic E-state index is 0.609. The Morgan fingerprint density at radius 2 is 1.70 bits per heavy atom. The molecule has 0 fully saturated rings. The highest BCUT2D eigenvalue weighted by molar-refractivity contribution is 7.13. The Bertz CT molecular complexity index is 668. The molecule has 0 N–H and O–H groups in total. The van der Waals surface area contributed by atoms with Crippen molar-refractivity contribution in [3.63, 3.8) is 0 Å². The molecule has 0 saturated carbocycles. The van der Waals surface area contributed by atoms with Crippen molar-refractivity contribution in [3.05, 3.63) is 77.2 Å². The van der Waals surface area contributed by atoms with E-state index in [1.54, 1.807) is 11.3 Å². The molecule has 1 heterocycles. The molecule has 3 aromatic rings. The maximum absolute atomic E-state index is 5.79. The van der Waals surface area contributed by atoms with Crippen molar-refractivity contribution in [1.29, 1.82) is 0 Å². The smallest absolute Gasteiger partial charge is 0.119 e. The molecule has 0 aliphatic heterocycles. The van der Waals surface area contributed by atoms with Crippen LogP contribution < -0.4 is 4.74 Å². The van der Waals surface area contributed by atoms with E-state index >= 15 is 0 Å². The Morgan fingerprint density at radius 3 is 2.35 bits per heavy atom. The molecule has 0 spiro atoms. The van der Waals surface area contributed by atoms with Crippen molar-refractivity contribution in [2.75, 3.05) is 0 Å². The van der Waals surface area contributed by atoms with Crippen molar-refractivity contribution in [3.8, 4) is 16.2 Å². The van der Waals surface area contributed by atoms with Crippen LogP contribution in [-0.4, -0.2) is 0 Å². The van der Waals surface area contributed by atoms with Gasteiger partial charge >= 0.3 is 0 Å². The standard InChI is InChI=1S/C18H16OS/c1-14-11-18(20-13-14)16-7-9-17(10-8-16)19-12-15-5-3-2-4-6-15/h2-11,13H,12H2,1H3. The third-order valence-electron chi connectivity index (χ3n) is 3.12. The fourth-order valence-corrected chi connectivity index (χ4v) is 2.95. The molecule has 100 valence electrons. The Hall–Kier alpha value is -2.06. The molecule has 1 nitrogen and oxygen atoms in total. The monoisotopic (exact) mass is 280 g/mol. The van der Waals surface area contributed by atoms with E-state index in [1.165, 1.54) is 21.6 Å². The fraction of sp³-hybridized carbons (Fsp3) is 0.111. The van der Waals surface area contributed by atoms with Crippen molar-refractivity contribution in [2.24, 2.45) is 0 Å². The Morgan fingerprint density at radius 1 is 0.950 bits per heavy atom. The predicted octanol–water partition coefficient (Wildman–Crippen LogP) is 5.30. The van der Waals surface area contributed by atoms with Crippen molar-refractivity contribution in [2.45, 2.75) is 13.5 Å². The van der Waals surface area contributed by atoms with Gasteiger partial charge in [-0.2, -0.15) is 0 Å². The van der Waals surface area contributed by atoms with Crippen molar-refractivity contribution >= 4 is 11.3 Å². The van der Waals surface area contributed by atoms with Gasteiger partial charge in [0.2, 0.25) is 0 Å². The summed E-state index contributed by atoms with van der Waals surface area (Å²) in [5.41, 5.74) is 3.75. The summed E-state index contributed by atoms with van der Waals surface area (Å²) >= 11 is 1.78. The first kappa shape index (κ1) is 12.9. The summed E-state index contributed by atoms with van der Waals surface area (Å²) in [7, 11) is 0. The topological polar surface area (TPSA) is 9.23 Å². The molecular formula is C18H16OS. The Balaban J connectivity index is 1.67. The molecular weight excluding hydrogens is 264 g/mol. The van der Waals surface area contributed by atoms with E-state index in [1.807, 2.05) is 30.3 Å². The molecule has 0 bridgehead atoms. The Labute approximate surface area is 123 Å². The second-order valence-corrected chi connectivity index (χ2v) is 5.70. The summed E-state index contributed by atoms with van der Waals surface area (Å²) in [5, 5.41) is 2.18. The number of rotatable bonds is 4. The van der Waals surface area contributed by atoms with Crippen LogP contribution in [0.15, 0.2) is 66.0 Å². The van der Waals surface area contributed by atoms with Crippen LogP contribution in [0.4, 0.5) is 0 Å². The zero-order chi connectivity index (χ0) is 13.8. The molecule has 0 amide bonds. The van der Waals surface area contributed by atoms with Gasteiger partial charge in [-0.3, -0.25) is 0 Å². The van der Waals surface area contributed by atoms with Gasteiger partial charge in [-0.15, -0.1) is 11.3 Å².